The lowest BCUT2D eigenvalue weighted by atomic mass is 10.0. The number of hydrogen-bond donors (Lipinski definition) is 3. The first-order chi connectivity index (χ1) is 10.8. The van der Waals surface area contributed by atoms with Crippen molar-refractivity contribution in [3.8, 4) is 0 Å². The van der Waals surface area contributed by atoms with Gasteiger partial charge in [-0.2, -0.15) is 0 Å². The summed E-state index contributed by atoms with van der Waals surface area (Å²) in [5, 5.41) is 16.7. The Bertz CT molecular complexity index is 529. The molecule has 1 aromatic rings. The van der Waals surface area contributed by atoms with E-state index in [4.69, 9.17) is 0 Å². The molecule has 0 spiro atoms. The molecular formula is C18H27N3O. The van der Waals surface area contributed by atoms with Crippen LogP contribution < -0.4 is 10.6 Å². The fraction of sp³-hybridized carbons (Fsp3) is 0.611. The number of nitrogens with zero attached hydrogens (tertiary/aromatic N) is 1. The van der Waals surface area contributed by atoms with Crippen LogP contribution in [0.25, 0.3) is 0 Å². The van der Waals surface area contributed by atoms with Crippen molar-refractivity contribution in [3.05, 3.63) is 35.4 Å². The van der Waals surface area contributed by atoms with Crippen molar-refractivity contribution in [2.24, 2.45) is 10.9 Å². The minimum absolute atomic E-state index is 0.146. The second-order valence-corrected chi connectivity index (χ2v) is 6.53. The Kier molecular flexibility index (Phi) is 4.98. The monoisotopic (exact) mass is 301 g/mol. The van der Waals surface area contributed by atoms with E-state index in [0.29, 0.717) is 11.8 Å². The van der Waals surface area contributed by atoms with Gasteiger partial charge in [-0.15, -0.1) is 0 Å². The van der Waals surface area contributed by atoms with Crippen LogP contribution in [0.15, 0.2) is 29.3 Å². The highest BCUT2D eigenvalue weighted by Gasteiger charge is 2.25. The van der Waals surface area contributed by atoms with Crippen LogP contribution in [-0.2, 0) is 6.42 Å². The van der Waals surface area contributed by atoms with Gasteiger partial charge in [-0.1, -0.05) is 30.7 Å². The lowest BCUT2D eigenvalue weighted by Gasteiger charge is -2.19. The zero-order valence-electron chi connectivity index (χ0n) is 13.4. The summed E-state index contributed by atoms with van der Waals surface area (Å²) in [6.45, 7) is 1.73. The third-order valence-electron chi connectivity index (χ3n) is 5.15. The van der Waals surface area contributed by atoms with Crippen LogP contribution in [0.3, 0.4) is 0 Å². The van der Waals surface area contributed by atoms with Gasteiger partial charge in [-0.05, 0) is 36.8 Å². The molecule has 1 saturated carbocycles. The third kappa shape index (κ3) is 3.43. The van der Waals surface area contributed by atoms with Gasteiger partial charge >= 0.3 is 0 Å². The quantitative estimate of drug-likeness (QED) is 0.589. The van der Waals surface area contributed by atoms with Crippen LogP contribution in [0.1, 0.15) is 42.7 Å². The van der Waals surface area contributed by atoms with Crippen molar-refractivity contribution in [1.82, 2.24) is 10.6 Å². The van der Waals surface area contributed by atoms with Gasteiger partial charge < -0.3 is 15.7 Å². The fourth-order valence-electron chi connectivity index (χ4n) is 3.78. The molecule has 22 heavy (non-hydrogen) atoms. The van der Waals surface area contributed by atoms with Gasteiger partial charge in [0.25, 0.3) is 0 Å². The van der Waals surface area contributed by atoms with Gasteiger partial charge in [0.1, 0.15) is 0 Å². The average Bonchev–Trinajstić information content (AvgIpc) is 3.14. The Morgan fingerprint density at radius 1 is 1.18 bits per heavy atom. The van der Waals surface area contributed by atoms with Crippen LogP contribution in [0.4, 0.5) is 0 Å². The number of hydrogen-bond acceptors (Lipinski definition) is 2. The summed E-state index contributed by atoms with van der Waals surface area (Å²) < 4.78 is 0. The van der Waals surface area contributed by atoms with E-state index in [9.17, 15) is 5.11 Å². The molecular weight excluding hydrogens is 274 g/mol. The number of aliphatic hydroxyl groups excluding tert-OH is 1. The van der Waals surface area contributed by atoms with Crippen molar-refractivity contribution in [2.75, 3.05) is 20.1 Å². The molecule has 4 nitrogen and oxygen atoms in total. The summed E-state index contributed by atoms with van der Waals surface area (Å²) in [4.78, 5) is 4.30. The Morgan fingerprint density at radius 2 is 2.00 bits per heavy atom. The maximum absolute atomic E-state index is 9.89. The first-order valence-electron chi connectivity index (χ1n) is 8.48. The molecule has 1 aromatic carbocycles. The van der Waals surface area contributed by atoms with E-state index in [-0.39, 0.29) is 6.10 Å². The number of guanidine groups is 1. The standard InChI is InChI=1S/C18H27N3O/c1-19-18(21-12-15-6-4-8-17(15)22)20-11-14-10-9-13-5-2-3-7-16(13)14/h2-3,5,7,14-15,17,22H,4,6,8-12H2,1H3,(H2,19,20,21). The van der Waals surface area contributed by atoms with Crippen LogP contribution in [0.2, 0.25) is 0 Å². The van der Waals surface area contributed by atoms with Crippen LogP contribution in [0.5, 0.6) is 0 Å². The summed E-state index contributed by atoms with van der Waals surface area (Å²) in [7, 11) is 1.81. The molecule has 2 aliphatic rings. The summed E-state index contributed by atoms with van der Waals surface area (Å²) in [6, 6.07) is 8.75. The Hall–Kier alpha value is -1.55. The molecule has 3 atom stereocenters. The van der Waals surface area contributed by atoms with Gasteiger partial charge in [0, 0.05) is 32.0 Å². The summed E-state index contributed by atoms with van der Waals surface area (Å²) in [5.74, 6) is 1.79. The molecule has 3 unspecified atom stereocenters. The van der Waals surface area contributed by atoms with Gasteiger partial charge in [0.15, 0.2) is 5.96 Å². The van der Waals surface area contributed by atoms with Crippen molar-refractivity contribution < 1.29 is 5.11 Å². The summed E-state index contributed by atoms with van der Waals surface area (Å²) >= 11 is 0. The van der Waals surface area contributed by atoms with Gasteiger partial charge in [0.05, 0.1) is 6.10 Å². The molecule has 2 aliphatic carbocycles. The first-order valence-corrected chi connectivity index (χ1v) is 8.48. The van der Waals surface area contributed by atoms with Gasteiger partial charge in [0.2, 0.25) is 0 Å². The second kappa shape index (κ2) is 7.14. The maximum Gasteiger partial charge on any atom is 0.191 e. The summed E-state index contributed by atoms with van der Waals surface area (Å²) in [5.41, 5.74) is 2.97. The molecule has 1 fully saturated rings. The molecule has 4 heteroatoms. The van der Waals surface area contributed by atoms with E-state index in [1.807, 2.05) is 7.05 Å². The average molecular weight is 301 g/mol. The molecule has 0 saturated heterocycles. The van der Waals surface area contributed by atoms with E-state index in [0.717, 1.165) is 38.3 Å². The van der Waals surface area contributed by atoms with E-state index >= 15 is 0 Å². The topological polar surface area (TPSA) is 56.7 Å². The number of rotatable bonds is 4. The Labute approximate surface area is 133 Å². The molecule has 3 rings (SSSR count). The van der Waals surface area contributed by atoms with Crippen molar-refractivity contribution in [1.29, 1.82) is 0 Å². The number of aryl methyl sites for hydroxylation is 1. The Balaban J connectivity index is 1.48. The highest BCUT2D eigenvalue weighted by atomic mass is 16.3. The minimum atomic E-state index is -0.146. The predicted molar refractivity (Wildman–Crippen MR) is 90.2 cm³/mol. The SMILES string of the molecule is CN=C(NCC1CCc2ccccc21)NCC1CCCC1O. The number of nitrogens with one attached hydrogen (secondary N) is 2. The third-order valence-corrected chi connectivity index (χ3v) is 5.15. The predicted octanol–water partition coefficient (Wildman–Crippen LogP) is 2.04. The smallest absolute Gasteiger partial charge is 0.191 e. The van der Waals surface area contributed by atoms with Crippen molar-refractivity contribution in [2.45, 2.75) is 44.1 Å². The number of benzene rings is 1. The number of aliphatic imine (C=N–C) groups is 1. The molecule has 120 valence electrons. The van der Waals surface area contributed by atoms with E-state index in [1.165, 1.54) is 24.0 Å². The fourth-order valence-corrected chi connectivity index (χ4v) is 3.78. The molecule has 0 aromatic heterocycles. The molecule has 0 bridgehead atoms. The number of fused-ring (bicyclic) bond motifs is 1. The number of aliphatic hydroxyl groups is 1. The lowest BCUT2D eigenvalue weighted by Crippen LogP contribution is -2.42. The Morgan fingerprint density at radius 3 is 2.77 bits per heavy atom. The van der Waals surface area contributed by atoms with Crippen molar-refractivity contribution >= 4 is 5.96 Å². The van der Waals surface area contributed by atoms with E-state index < -0.39 is 0 Å². The molecule has 0 heterocycles. The van der Waals surface area contributed by atoms with Gasteiger partial charge in [-0.3, -0.25) is 4.99 Å². The van der Waals surface area contributed by atoms with Gasteiger partial charge in [-0.25, -0.2) is 0 Å². The first kappa shape index (κ1) is 15.3. The summed E-state index contributed by atoms with van der Waals surface area (Å²) in [6.07, 6.45) is 5.44. The second-order valence-electron chi connectivity index (χ2n) is 6.53. The lowest BCUT2D eigenvalue weighted by molar-refractivity contribution is 0.134. The normalized spacial score (nSPS) is 27.7. The molecule has 3 N–H and O–H groups in total. The minimum Gasteiger partial charge on any atom is -0.393 e. The van der Waals surface area contributed by atoms with E-state index in [2.05, 4.69) is 39.9 Å². The zero-order valence-corrected chi connectivity index (χ0v) is 13.4. The highest BCUT2D eigenvalue weighted by molar-refractivity contribution is 5.79. The zero-order chi connectivity index (χ0) is 15.4. The van der Waals surface area contributed by atoms with E-state index in [1.54, 1.807) is 0 Å². The van der Waals surface area contributed by atoms with Crippen LogP contribution in [-0.4, -0.2) is 37.3 Å². The molecule has 0 aliphatic heterocycles. The largest absolute Gasteiger partial charge is 0.393 e. The van der Waals surface area contributed by atoms with Crippen LogP contribution in [0, 0.1) is 5.92 Å². The highest BCUT2D eigenvalue weighted by Crippen LogP contribution is 2.32. The molecule has 0 amide bonds. The van der Waals surface area contributed by atoms with Crippen LogP contribution >= 0.6 is 0 Å². The maximum atomic E-state index is 9.89. The molecule has 0 radical (unpaired) electrons. The van der Waals surface area contributed by atoms with Crippen molar-refractivity contribution in [3.63, 3.8) is 0 Å².